The summed E-state index contributed by atoms with van der Waals surface area (Å²) in [6, 6.07) is 5.81. The van der Waals surface area contributed by atoms with Crippen LogP contribution in [0.2, 0.25) is 0 Å². The van der Waals surface area contributed by atoms with E-state index in [9.17, 15) is 0 Å². The Balaban J connectivity index is 3.09. The average molecular weight is 175 g/mol. The average Bonchev–Trinajstić information content (AvgIpc) is 2.16. The maximum Gasteiger partial charge on any atom is 0.121 e. The molecule has 0 amide bonds. The van der Waals surface area contributed by atoms with E-state index in [0.717, 1.165) is 16.9 Å². The fraction of sp³-hybridized carbons (Fsp3) is 0.182. The molecule has 2 heteroatoms. The number of hydrogen-bond donors (Lipinski definition) is 0. The van der Waals surface area contributed by atoms with Gasteiger partial charge in [0.1, 0.15) is 5.75 Å². The van der Waals surface area contributed by atoms with Crippen LogP contribution in [0.1, 0.15) is 11.1 Å². The molecule has 1 aromatic carbocycles. The van der Waals surface area contributed by atoms with Gasteiger partial charge in [-0.2, -0.15) is 0 Å². The third-order valence-corrected chi connectivity index (χ3v) is 1.92. The second-order valence-corrected chi connectivity index (χ2v) is 2.79. The number of hydrogen-bond acceptors (Lipinski definition) is 2. The predicted molar refractivity (Wildman–Crippen MR) is 56.3 cm³/mol. The number of nitrogens with zero attached hydrogens (tertiary/aromatic N) is 1. The highest BCUT2D eigenvalue weighted by molar-refractivity contribution is 5.67. The minimum Gasteiger partial charge on any atom is -0.496 e. The summed E-state index contributed by atoms with van der Waals surface area (Å²) >= 11 is 0. The van der Waals surface area contributed by atoms with Gasteiger partial charge in [-0.25, -0.2) is 0 Å². The summed E-state index contributed by atoms with van der Waals surface area (Å²) in [7, 11) is 1.66. The van der Waals surface area contributed by atoms with Crippen LogP contribution in [-0.4, -0.2) is 13.8 Å². The molecule has 0 saturated carbocycles. The van der Waals surface area contributed by atoms with Gasteiger partial charge in [0.2, 0.25) is 0 Å². The van der Waals surface area contributed by atoms with Crippen LogP contribution in [0.15, 0.2) is 29.8 Å². The summed E-state index contributed by atoms with van der Waals surface area (Å²) in [6.45, 7) is 9.18. The summed E-state index contributed by atoms with van der Waals surface area (Å²) in [5.41, 5.74) is 2.74. The van der Waals surface area contributed by atoms with E-state index in [0.29, 0.717) is 5.70 Å². The van der Waals surface area contributed by atoms with Gasteiger partial charge in [-0.05, 0) is 43.0 Å². The van der Waals surface area contributed by atoms with E-state index in [-0.39, 0.29) is 0 Å². The normalized spacial score (nSPS) is 9.38. The molecular weight excluding hydrogens is 162 g/mol. The Bertz CT molecular complexity index is 342. The first-order valence-corrected chi connectivity index (χ1v) is 3.99. The number of ether oxygens (including phenoxy) is 1. The van der Waals surface area contributed by atoms with Crippen LogP contribution in [0, 0.1) is 6.92 Å². The van der Waals surface area contributed by atoms with Crippen molar-refractivity contribution in [3.8, 4) is 5.75 Å². The molecule has 0 aliphatic rings. The van der Waals surface area contributed by atoms with Crippen molar-refractivity contribution in [2.24, 2.45) is 4.99 Å². The minimum absolute atomic E-state index is 0.686. The fourth-order valence-corrected chi connectivity index (χ4v) is 1.15. The highest BCUT2D eigenvalue weighted by Gasteiger charge is 2.00. The van der Waals surface area contributed by atoms with Crippen LogP contribution in [0.25, 0.3) is 5.70 Å². The lowest BCUT2D eigenvalue weighted by atomic mass is 10.1. The van der Waals surface area contributed by atoms with Crippen molar-refractivity contribution in [2.75, 3.05) is 7.11 Å². The van der Waals surface area contributed by atoms with Crippen LogP contribution >= 0.6 is 0 Å². The zero-order valence-corrected chi connectivity index (χ0v) is 8.00. The molecule has 0 fully saturated rings. The van der Waals surface area contributed by atoms with Gasteiger partial charge in [0, 0.05) is 0 Å². The Hall–Kier alpha value is -1.57. The molecule has 0 atom stereocenters. The Morgan fingerprint density at radius 2 is 2.15 bits per heavy atom. The number of benzene rings is 1. The number of aliphatic imine (C=N–C) groups is 1. The molecule has 0 spiro atoms. The number of aryl methyl sites for hydroxylation is 1. The topological polar surface area (TPSA) is 21.6 Å². The molecule has 0 N–H and O–H groups in total. The van der Waals surface area contributed by atoms with Gasteiger partial charge in [0.15, 0.2) is 0 Å². The Morgan fingerprint density at radius 1 is 1.46 bits per heavy atom. The van der Waals surface area contributed by atoms with Crippen molar-refractivity contribution >= 4 is 12.4 Å². The molecule has 0 saturated heterocycles. The predicted octanol–water partition coefficient (Wildman–Crippen LogP) is 2.67. The monoisotopic (exact) mass is 175 g/mol. The smallest absolute Gasteiger partial charge is 0.121 e. The van der Waals surface area contributed by atoms with Gasteiger partial charge in [0.05, 0.1) is 12.8 Å². The van der Waals surface area contributed by atoms with Gasteiger partial charge < -0.3 is 4.74 Å². The van der Waals surface area contributed by atoms with Gasteiger partial charge >= 0.3 is 0 Å². The van der Waals surface area contributed by atoms with Crippen LogP contribution in [0.4, 0.5) is 0 Å². The molecule has 2 nitrogen and oxygen atoms in total. The largest absolute Gasteiger partial charge is 0.496 e. The van der Waals surface area contributed by atoms with E-state index in [4.69, 9.17) is 4.74 Å². The summed E-state index contributed by atoms with van der Waals surface area (Å²) in [5.74, 6) is 0.876. The lowest BCUT2D eigenvalue weighted by Crippen LogP contribution is -1.88. The van der Waals surface area contributed by atoms with E-state index >= 15 is 0 Å². The van der Waals surface area contributed by atoms with E-state index in [1.54, 1.807) is 7.11 Å². The molecule has 1 aromatic rings. The van der Waals surface area contributed by atoms with Crippen molar-refractivity contribution in [1.29, 1.82) is 0 Å². The maximum absolute atomic E-state index is 5.14. The third kappa shape index (κ3) is 1.96. The Labute approximate surface area is 78.6 Å². The van der Waals surface area contributed by atoms with Crippen molar-refractivity contribution in [1.82, 2.24) is 0 Å². The lowest BCUT2D eigenvalue weighted by Gasteiger charge is -2.06. The minimum atomic E-state index is 0.686. The molecular formula is C11H13NO. The van der Waals surface area contributed by atoms with Crippen molar-refractivity contribution in [3.63, 3.8) is 0 Å². The van der Waals surface area contributed by atoms with Crippen molar-refractivity contribution < 1.29 is 4.74 Å². The molecule has 0 aliphatic carbocycles. The first-order valence-electron chi connectivity index (χ1n) is 3.99. The molecule has 0 heterocycles. The molecule has 0 radical (unpaired) electrons. The second-order valence-electron chi connectivity index (χ2n) is 2.79. The molecule has 0 unspecified atom stereocenters. The van der Waals surface area contributed by atoms with Crippen LogP contribution < -0.4 is 4.74 Å². The lowest BCUT2D eigenvalue weighted by molar-refractivity contribution is 0.411. The number of methoxy groups -OCH3 is 1. The van der Waals surface area contributed by atoms with E-state index < -0.39 is 0 Å². The van der Waals surface area contributed by atoms with Gasteiger partial charge in [-0.1, -0.05) is 6.58 Å². The van der Waals surface area contributed by atoms with Crippen LogP contribution in [0.5, 0.6) is 5.75 Å². The highest BCUT2D eigenvalue weighted by Crippen LogP contribution is 2.22. The zero-order chi connectivity index (χ0) is 9.84. The first-order chi connectivity index (χ1) is 6.19. The summed E-state index contributed by atoms with van der Waals surface area (Å²) in [4.78, 5) is 3.77. The van der Waals surface area contributed by atoms with Gasteiger partial charge in [0.25, 0.3) is 0 Å². The summed E-state index contributed by atoms with van der Waals surface area (Å²) < 4.78 is 5.14. The Kier molecular flexibility index (Phi) is 2.85. The van der Waals surface area contributed by atoms with Gasteiger partial charge in [-0.15, -0.1) is 0 Å². The highest BCUT2D eigenvalue weighted by atomic mass is 16.5. The standard InChI is InChI=1S/C11H13NO/c1-8-7-10(9(2)12-3)5-6-11(8)13-4/h5-7H,2-3H2,1,4H3. The molecule has 0 bridgehead atoms. The SMILES string of the molecule is C=NC(=C)c1ccc(OC)c(C)c1. The molecule has 0 aliphatic heterocycles. The van der Waals surface area contributed by atoms with Gasteiger partial charge in [-0.3, -0.25) is 4.99 Å². The van der Waals surface area contributed by atoms with E-state index in [2.05, 4.69) is 18.3 Å². The Morgan fingerprint density at radius 3 is 2.62 bits per heavy atom. The maximum atomic E-state index is 5.14. The second kappa shape index (κ2) is 3.90. The number of rotatable bonds is 3. The van der Waals surface area contributed by atoms with Crippen LogP contribution in [0.3, 0.4) is 0 Å². The zero-order valence-electron chi connectivity index (χ0n) is 8.00. The fourth-order valence-electron chi connectivity index (χ4n) is 1.15. The third-order valence-electron chi connectivity index (χ3n) is 1.92. The first kappa shape index (κ1) is 9.52. The molecule has 13 heavy (non-hydrogen) atoms. The molecule has 0 aromatic heterocycles. The molecule has 68 valence electrons. The quantitative estimate of drug-likeness (QED) is 0.647. The van der Waals surface area contributed by atoms with E-state index in [1.165, 1.54) is 0 Å². The van der Waals surface area contributed by atoms with E-state index in [1.807, 2.05) is 25.1 Å². The van der Waals surface area contributed by atoms with Crippen molar-refractivity contribution in [2.45, 2.75) is 6.92 Å². The summed E-state index contributed by atoms with van der Waals surface area (Å²) in [5, 5.41) is 0. The van der Waals surface area contributed by atoms with Crippen LogP contribution in [-0.2, 0) is 0 Å². The van der Waals surface area contributed by atoms with Crippen molar-refractivity contribution in [3.05, 3.63) is 35.9 Å². The summed E-state index contributed by atoms with van der Waals surface area (Å²) in [6.07, 6.45) is 0. The molecule has 1 rings (SSSR count).